The normalized spacial score (nSPS) is 16.6. The van der Waals surface area contributed by atoms with Gasteiger partial charge in [0, 0.05) is 24.1 Å². The van der Waals surface area contributed by atoms with E-state index in [1.165, 1.54) is 10.7 Å². The van der Waals surface area contributed by atoms with Gasteiger partial charge in [-0.1, -0.05) is 29.8 Å². The van der Waals surface area contributed by atoms with Gasteiger partial charge in [0.25, 0.3) is 5.56 Å². The summed E-state index contributed by atoms with van der Waals surface area (Å²) in [6.07, 6.45) is 4.90. The molecule has 1 amide bonds. The predicted octanol–water partition coefficient (Wildman–Crippen LogP) is 3.54. The number of carbonyl (C=O) groups is 1. The first-order valence-electron chi connectivity index (χ1n) is 10.0. The largest absolute Gasteiger partial charge is 0.443 e. The van der Waals surface area contributed by atoms with E-state index in [4.69, 9.17) is 16.0 Å². The third kappa shape index (κ3) is 4.46. The van der Waals surface area contributed by atoms with Gasteiger partial charge in [0.2, 0.25) is 11.8 Å². The van der Waals surface area contributed by atoms with E-state index in [0.29, 0.717) is 35.3 Å². The molecule has 0 spiro atoms. The maximum absolute atomic E-state index is 13.0. The van der Waals surface area contributed by atoms with E-state index in [2.05, 4.69) is 10.1 Å². The van der Waals surface area contributed by atoms with Crippen molar-refractivity contribution < 1.29 is 9.21 Å². The minimum Gasteiger partial charge on any atom is -0.443 e. The highest BCUT2D eigenvalue weighted by Crippen LogP contribution is 2.31. The molecule has 1 aliphatic heterocycles. The number of hydrogen-bond acceptors (Lipinski definition) is 5. The lowest BCUT2D eigenvalue weighted by atomic mass is 10.0. The highest BCUT2D eigenvalue weighted by Gasteiger charge is 2.31. The maximum Gasteiger partial charge on any atom is 0.267 e. The summed E-state index contributed by atoms with van der Waals surface area (Å²) in [4.78, 5) is 31.2. The molecular formula is C22H23ClN4O3. The number of likely N-dealkylation sites (tertiary alicyclic amines) is 1. The average Bonchev–Trinajstić information content (AvgIpc) is 3.21. The second-order valence-electron chi connectivity index (χ2n) is 7.50. The first-order chi connectivity index (χ1) is 14.5. The van der Waals surface area contributed by atoms with Crippen LogP contribution in [0, 0.1) is 6.92 Å². The Kier molecular flexibility index (Phi) is 5.99. The van der Waals surface area contributed by atoms with Crippen molar-refractivity contribution in [2.24, 2.45) is 0 Å². The Morgan fingerprint density at radius 1 is 1.23 bits per heavy atom. The van der Waals surface area contributed by atoms with Gasteiger partial charge in [-0.25, -0.2) is 9.67 Å². The number of halogens is 1. The first kappa shape index (κ1) is 20.3. The van der Waals surface area contributed by atoms with Gasteiger partial charge in [0.05, 0.1) is 11.9 Å². The van der Waals surface area contributed by atoms with Gasteiger partial charge in [-0.2, -0.15) is 5.10 Å². The van der Waals surface area contributed by atoms with Crippen molar-refractivity contribution in [3.05, 3.63) is 80.9 Å². The molecule has 156 valence electrons. The lowest BCUT2D eigenvalue weighted by Gasteiger charge is -2.33. The van der Waals surface area contributed by atoms with E-state index < -0.39 is 0 Å². The van der Waals surface area contributed by atoms with E-state index in [1.54, 1.807) is 24.1 Å². The number of carbonyl (C=O) groups excluding carboxylic acids is 1. The van der Waals surface area contributed by atoms with E-state index >= 15 is 0 Å². The van der Waals surface area contributed by atoms with Crippen LogP contribution in [0.4, 0.5) is 0 Å². The fourth-order valence-corrected chi connectivity index (χ4v) is 3.96. The zero-order valence-electron chi connectivity index (χ0n) is 16.8. The summed E-state index contributed by atoms with van der Waals surface area (Å²) < 4.78 is 7.22. The maximum atomic E-state index is 13.0. The van der Waals surface area contributed by atoms with E-state index in [9.17, 15) is 9.59 Å². The summed E-state index contributed by atoms with van der Waals surface area (Å²) in [7, 11) is 0. The molecule has 3 heterocycles. The van der Waals surface area contributed by atoms with Gasteiger partial charge >= 0.3 is 0 Å². The molecule has 1 fully saturated rings. The van der Waals surface area contributed by atoms with Gasteiger partial charge in [0.15, 0.2) is 0 Å². The molecule has 8 heteroatoms. The number of piperidine rings is 1. The second kappa shape index (κ2) is 8.83. The van der Waals surface area contributed by atoms with E-state index in [1.807, 2.05) is 24.3 Å². The van der Waals surface area contributed by atoms with Crippen molar-refractivity contribution in [2.75, 3.05) is 6.54 Å². The smallest absolute Gasteiger partial charge is 0.267 e. The van der Waals surface area contributed by atoms with Crippen LogP contribution >= 0.6 is 11.6 Å². The van der Waals surface area contributed by atoms with Crippen LogP contribution in [-0.2, 0) is 17.8 Å². The average molecular weight is 427 g/mol. The van der Waals surface area contributed by atoms with Crippen LogP contribution in [0.1, 0.15) is 48.2 Å². The summed E-state index contributed by atoms with van der Waals surface area (Å²) in [5.41, 5.74) is 1.36. The molecule has 3 aromatic rings. The molecule has 0 radical (unpaired) electrons. The number of hydrogen-bond donors (Lipinski definition) is 0. The fraction of sp³-hybridized carbons (Fsp3) is 0.364. The van der Waals surface area contributed by atoms with Crippen LogP contribution in [0.5, 0.6) is 0 Å². The molecule has 1 atom stereocenters. The Labute approximate surface area is 179 Å². The predicted molar refractivity (Wildman–Crippen MR) is 112 cm³/mol. The molecule has 4 rings (SSSR count). The summed E-state index contributed by atoms with van der Waals surface area (Å²) in [5.74, 6) is 1.06. The number of amides is 1. The third-order valence-electron chi connectivity index (χ3n) is 5.29. The molecule has 1 saturated heterocycles. The van der Waals surface area contributed by atoms with Crippen molar-refractivity contribution in [1.82, 2.24) is 19.7 Å². The Morgan fingerprint density at radius 3 is 2.90 bits per heavy atom. The number of oxazole rings is 1. The fourth-order valence-electron chi connectivity index (χ4n) is 3.76. The summed E-state index contributed by atoms with van der Waals surface area (Å²) in [6.45, 7) is 2.30. The SMILES string of the molecule is Cc1ccc(=O)n(CC(=O)N2CCCCC2c2ncc(Cc3ccccc3Cl)o2)n1. The monoisotopic (exact) mass is 426 g/mol. The quantitative estimate of drug-likeness (QED) is 0.623. The summed E-state index contributed by atoms with van der Waals surface area (Å²) in [6, 6.07) is 10.4. The van der Waals surface area contributed by atoms with Crippen molar-refractivity contribution in [1.29, 1.82) is 0 Å². The van der Waals surface area contributed by atoms with Gasteiger partial charge in [-0.05, 0) is 43.9 Å². The standard InChI is InChI=1S/C22H23ClN4O3/c1-15-9-10-20(28)27(25-15)14-21(29)26-11-5-4-8-19(26)22-24-13-17(30-22)12-16-6-2-3-7-18(16)23/h2-3,6-7,9-10,13,19H,4-5,8,11-12,14H2,1H3. The number of benzene rings is 1. The van der Waals surface area contributed by atoms with E-state index in [0.717, 1.165) is 24.8 Å². The highest BCUT2D eigenvalue weighted by molar-refractivity contribution is 6.31. The lowest BCUT2D eigenvalue weighted by molar-refractivity contribution is -0.136. The van der Waals surface area contributed by atoms with E-state index in [-0.39, 0.29) is 24.1 Å². The molecule has 2 aromatic heterocycles. The van der Waals surface area contributed by atoms with Crippen molar-refractivity contribution in [3.8, 4) is 0 Å². The molecule has 7 nitrogen and oxygen atoms in total. The van der Waals surface area contributed by atoms with Crippen LogP contribution in [0.2, 0.25) is 5.02 Å². The number of rotatable bonds is 5. The van der Waals surface area contributed by atoms with Gasteiger partial charge in [-0.3, -0.25) is 9.59 Å². The molecule has 1 unspecified atom stereocenters. The second-order valence-corrected chi connectivity index (χ2v) is 7.91. The van der Waals surface area contributed by atoms with Crippen LogP contribution < -0.4 is 5.56 Å². The lowest BCUT2D eigenvalue weighted by Crippen LogP contribution is -2.42. The van der Waals surface area contributed by atoms with Crippen molar-refractivity contribution >= 4 is 17.5 Å². The Hall–Kier alpha value is -2.93. The Morgan fingerprint density at radius 2 is 2.07 bits per heavy atom. The minimum absolute atomic E-state index is 0.0931. The number of aromatic nitrogens is 3. The van der Waals surface area contributed by atoms with Crippen LogP contribution in [0.15, 0.2) is 51.8 Å². The number of aryl methyl sites for hydroxylation is 1. The molecule has 1 aromatic carbocycles. The zero-order valence-corrected chi connectivity index (χ0v) is 17.5. The van der Waals surface area contributed by atoms with Crippen molar-refractivity contribution in [2.45, 2.75) is 45.2 Å². The molecule has 0 bridgehead atoms. The molecule has 30 heavy (non-hydrogen) atoms. The van der Waals surface area contributed by atoms with Gasteiger partial charge < -0.3 is 9.32 Å². The number of nitrogens with zero attached hydrogens (tertiary/aromatic N) is 4. The first-order valence-corrected chi connectivity index (χ1v) is 10.4. The topological polar surface area (TPSA) is 81.2 Å². The summed E-state index contributed by atoms with van der Waals surface area (Å²) >= 11 is 6.25. The third-order valence-corrected chi connectivity index (χ3v) is 5.66. The molecule has 0 saturated carbocycles. The van der Waals surface area contributed by atoms with Gasteiger partial charge in [-0.15, -0.1) is 0 Å². The zero-order chi connectivity index (χ0) is 21.1. The van der Waals surface area contributed by atoms with Crippen LogP contribution in [0.3, 0.4) is 0 Å². The Balaban J connectivity index is 1.52. The minimum atomic E-state index is -0.291. The highest BCUT2D eigenvalue weighted by atomic mass is 35.5. The Bertz CT molecular complexity index is 1110. The van der Waals surface area contributed by atoms with Crippen LogP contribution in [0.25, 0.3) is 0 Å². The van der Waals surface area contributed by atoms with Crippen molar-refractivity contribution in [3.63, 3.8) is 0 Å². The molecule has 1 aliphatic rings. The van der Waals surface area contributed by atoms with Crippen LogP contribution in [-0.4, -0.2) is 32.1 Å². The summed E-state index contributed by atoms with van der Waals surface area (Å²) in [5, 5.41) is 4.85. The molecule has 0 aliphatic carbocycles. The van der Waals surface area contributed by atoms with Gasteiger partial charge in [0.1, 0.15) is 18.3 Å². The molecular weight excluding hydrogens is 404 g/mol. The molecule has 0 N–H and O–H groups in total.